The summed E-state index contributed by atoms with van der Waals surface area (Å²) in [5.74, 6) is -0.506. The summed E-state index contributed by atoms with van der Waals surface area (Å²) in [4.78, 5) is 24.0. The molecule has 0 aliphatic carbocycles. The fraction of sp³-hybridized carbons (Fsp3) is 0.176. The molecule has 0 heterocycles. The smallest absolute Gasteiger partial charge is 0.251 e. The number of hydrogen-bond donors (Lipinski definition) is 2. The zero-order valence-electron chi connectivity index (χ0n) is 12.2. The molecule has 5 heteroatoms. The van der Waals surface area contributed by atoms with Crippen LogP contribution in [0.5, 0.6) is 0 Å². The van der Waals surface area contributed by atoms with Crippen LogP contribution in [-0.2, 0) is 11.3 Å². The van der Waals surface area contributed by atoms with E-state index in [0.29, 0.717) is 17.1 Å². The fourth-order valence-corrected chi connectivity index (χ4v) is 2.01. The average molecular weight is 317 g/mol. The van der Waals surface area contributed by atoms with E-state index in [4.69, 9.17) is 11.6 Å². The van der Waals surface area contributed by atoms with Crippen LogP contribution >= 0.6 is 11.6 Å². The van der Waals surface area contributed by atoms with Gasteiger partial charge in [0.1, 0.15) is 6.04 Å². The highest BCUT2D eigenvalue weighted by molar-refractivity contribution is 6.30. The predicted molar refractivity (Wildman–Crippen MR) is 86.7 cm³/mol. The molecular formula is C17H17ClN2O2. The number of carbonyl (C=O) groups excluding carboxylic acids is 2. The third kappa shape index (κ3) is 4.60. The van der Waals surface area contributed by atoms with Gasteiger partial charge in [0, 0.05) is 17.1 Å². The summed E-state index contributed by atoms with van der Waals surface area (Å²) in [6.07, 6.45) is 0. The van der Waals surface area contributed by atoms with Gasteiger partial charge in [0.05, 0.1) is 0 Å². The van der Waals surface area contributed by atoms with Crippen molar-refractivity contribution in [1.82, 2.24) is 10.6 Å². The second-order valence-corrected chi connectivity index (χ2v) is 5.34. The molecule has 4 nitrogen and oxygen atoms in total. The first-order valence-electron chi connectivity index (χ1n) is 6.94. The summed E-state index contributed by atoms with van der Waals surface area (Å²) in [6.45, 7) is 2.04. The Morgan fingerprint density at radius 2 is 1.68 bits per heavy atom. The van der Waals surface area contributed by atoms with E-state index in [1.54, 1.807) is 43.3 Å². The lowest BCUT2D eigenvalue weighted by Crippen LogP contribution is -2.44. The predicted octanol–water partition coefficient (Wildman–Crippen LogP) is 2.77. The zero-order valence-corrected chi connectivity index (χ0v) is 12.9. The largest absolute Gasteiger partial charge is 0.350 e. The van der Waals surface area contributed by atoms with Gasteiger partial charge in [0.25, 0.3) is 5.91 Å². The maximum Gasteiger partial charge on any atom is 0.251 e. The topological polar surface area (TPSA) is 58.2 Å². The molecule has 0 aliphatic heterocycles. The number of carbonyl (C=O) groups is 2. The van der Waals surface area contributed by atoms with Crippen LogP contribution in [0.15, 0.2) is 54.6 Å². The Bertz CT molecular complexity index is 641. The van der Waals surface area contributed by atoms with Gasteiger partial charge in [-0.1, -0.05) is 41.9 Å². The molecule has 0 radical (unpaired) electrons. The van der Waals surface area contributed by atoms with Crippen LogP contribution in [0.4, 0.5) is 0 Å². The highest BCUT2D eigenvalue weighted by Gasteiger charge is 2.15. The van der Waals surface area contributed by atoms with E-state index in [-0.39, 0.29) is 11.8 Å². The molecule has 22 heavy (non-hydrogen) atoms. The second-order valence-electron chi connectivity index (χ2n) is 4.91. The maximum atomic E-state index is 12.0. The number of benzene rings is 2. The van der Waals surface area contributed by atoms with Crippen LogP contribution in [0.25, 0.3) is 0 Å². The van der Waals surface area contributed by atoms with Crippen LogP contribution in [-0.4, -0.2) is 17.9 Å². The van der Waals surface area contributed by atoms with E-state index >= 15 is 0 Å². The molecule has 0 fully saturated rings. The molecule has 0 spiro atoms. The fourth-order valence-electron chi connectivity index (χ4n) is 1.88. The Labute approximate surface area is 134 Å². The normalized spacial score (nSPS) is 11.5. The summed E-state index contributed by atoms with van der Waals surface area (Å²) < 4.78 is 0. The van der Waals surface area contributed by atoms with Crippen molar-refractivity contribution in [2.75, 3.05) is 0 Å². The van der Waals surface area contributed by atoms with Crippen LogP contribution in [0.1, 0.15) is 22.8 Å². The highest BCUT2D eigenvalue weighted by Crippen LogP contribution is 2.09. The van der Waals surface area contributed by atoms with Gasteiger partial charge in [0.15, 0.2) is 0 Å². The molecule has 0 bridgehead atoms. The van der Waals surface area contributed by atoms with Gasteiger partial charge in [-0.3, -0.25) is 9.59 Å². The van der Waals surface area contributed by atoms with Crippen LogP contribution in [0.3, 0.4) is 0 Å². The SMILES string of the molecule is CC(NC(=O)c1ccccc1)C(=O)NCc1ccc(Cl)cc1. The van der Waals surface area contributed by atoms with Crippen LogP contribution < -0.4 is 10.6 Å². The van der Waals surface area contributed by atoms with Gasteiger partial charge in [-0.2, -0.15) is 0 Å². The lowest BCUT2D eigenvalue weighted by Gasteiger charge is -2.14. The van der Waals surface area contributed by atoms with Crippen molar-refractivity contribution < 1.29 is 9.59 Å². The van der Waals surface area contributed by atoms with E-state index in [2.05, 4.69) is 10.6 Å². The molecule has 0 aliphatic rings. The van der Waals surface area contributed by atoms with E-state index in [1.807, 2.05) is 18.2 Å². The molecule has 2 amide bonds. The minimum atomic E-state index is -0.611. The lowest BCUT2D eigenvalue weighted by molar-refractivity contribution is -0.122. The number of amides is 2. The standard InChI is InChI=1S/C17H17ClN2O2/c1-12(20-17(22)14-5-3-2-4-6-14)16(21)19-11-13-7-9-15(18)10-8-13/h2-10,12H,11H2,1H3,(H,19,21)(H,20,22). The summed E-state index contributed by atoms with van der Waals surface area (Å²) in [6, 6.07) is 15.4. The Balaban J connectivity index is 1.84. The molecule has 1 unspecified atom stereocenters. The first-order valence-corrected chi connectivity index (χ1v) is 7.32. The minimum Gasteiger partial charge on any atom is -0.350 e. The van der Waals surface area contributed by atoms with Crippen molar-refractivity contribution in [2.45, 2.75) is 19.5 Å². The molecule has 2 N–H and O–H groups in total. The zero-order chi connectivity index (χ0) is 15.9. The van der Waals surface area contributed by atoms with Crippen LogP contribution in [0.2, 0.25) is 5.02 Å². The number of rotatable bonds is 5. The van der Waals surface area contributed by atoms with E-state index in [1.165, 1.54) is 0 Å². The molecule has 0 saturated heterocycles. The van der Waals surface area contributed by atoms with Gasteiger partial charge in [-0.05, 0) is 36.8 Å². The third-order valence-electron chi connectivity index (χ3n) is 3.16. The van der Waals surface area contributed by atoms with Crippen molar-refractivity contribution in [2.24, 2.45) is 0 Å². The molecule has 2 aromatic carbocycles. The summed E-state index contributed by atoms with van der Waals surface area (Å²) in [5.41, 5.74) is 1.47. The maximum absolute atomic E-state index is 12.0. The van der Waals surface area contributed by atoms with E-state index in [9.17, 15) is 9.59 Å². The molecule has 114 valence electrons. The molecule has 1 atom stereocenters. The van der Waals surface area contributed by atoms with Gasteiger partial charge < -0.3 is 10.6 Å². The van der Waals surface area contributed by atoms with E-state index in [0.717, 1.165) is 5.56 Å². The third-order valence-corrected chi connectivity index (χ3v) is 3.41. The van der Waals surface area contributed by atoms with E-state index < -0.39 is 6.04 Å². The second kappa shape index (κ2) is 7.61. The van der Waals surface area contributed by atoms with Gasteiger partial charge in [-0.25, -0.2) is 0 Å². The average Bonchev–Trinajstić information content (AvgIpc) is 2.54. The number of hydrogen-bond acceptors (Lipinski definition) is 2. The first kappa shape index (κ1) is 16.0. The Hall–Kier alpha value is -2.33. The number of nitrogens with one attached hydrogen (secondary N) is 2. The monoisotopic (exact) mass is 316 g/mol. The van der Waals surface area contributed by atoms with Crippen molar-refractivity contribution >= 4 is 23.4 Å². The quantitative estimate of drug-likeness (QED) is 0.891. The lowest BCUT2D eigenvalue weighted by atomic mass is 10.2. The molecule has 2 rings (SSSR count). The summed E-state index contributed by atoms with van der Waals surface area (Å²) in [7, 11) is 0. The summed E-state index contributed by atoms with van der Waals surface area (Å²) >= 11 is 5.81. The van der Waals surface area contributed by atoms with Crippen molar-refractivity contribution in [3.8, 4) is 0 Å². The number of halogens is 1. The van der Waals surface area contributed by atoms with Crippen molar-refractivity contribution in [3.63, 3.8) is 0 Å². The molecule has 0 aromatic heterocycles. The van der Waals surface area contributed by atoms with Crippen molar-refractivity contribution in [1.29, 1.82) is 0 Å². The molecule has 0 saturated carbocycles. The molecule has 2 aromatic rings. The Kier molecular flexibility index (Phi) is 5.55. The van der Waals surface area contributed by atoms with Gasteiger partial charge in [0.2, 0.25) is 5.91 Å². The van der Waals surface area contributed by atoms with Gasteiger partial charge in [-0.15, -0.1) is 0 Å². The highest BCUT2D eigenvalue weighted by atomic mass is 35.5. The first-order chi connectivity index (χ1) is 10.6. The Morgan fingerprint density at radius 1 is 1.05 bits per heavy atom. The van der Waals surface area contributed by atoms with Crippen LogP contribution in [0, 0.1) is 0 Å². The molecular weight excluding hydrogens is 300 g/mol. The van der Waals surface area contributed by atoms with Gasteiger partial charge >= 0.3 is 0 Å². The van der Waals surface area contributed by atoms with Crippen molar-refractivity contribution in [3.05, 3.63) is 70.7 Å². The summed E-state index contributed by atoms with van der Waals surface area (Å²) in [5, 5.41) is 6.10. The minimum absolute atomic E-state index is 0.237. The Morgan fingerprint density at radius 3 is 2.32 bits per heavy atom.